The number of rotatable bonds is 8. The molecular weight excluding hydrogens is 290 g/mol. The molecule has 0 spiro atoms. The summed E-state index contributed by atoms with van der Waals surface area (Å²) in [6.07, 6.45) is 2.85. The first-order valence-corrected chi connectivity index (χ1v) is 8.94. The van der Waals surface area contributed by atoms with Crippen LogP contribution < -0.4 is 9.47 Å². The Morgan fingerprint density at radius 3 is 2.43 bits per heavy atom. The number of ether oxygens (including phenoxy) is 2. The van der Waals surface area contributed by atoms with Crippen molar-refractivity contribution in [1.82, 2.24) is 4.90 Å². The zero-order valence-corrected chi connectivity index (χ0v) is 14.8. The van der Waals surface area contributed by atoms with Crippen molar-refractivity contribution >= 4 is 0 Å². The lowest BCUT2D eigenvalue weighted by atomic mass is 9.98. The van der Waals surface area contributed by atoms with E-state index in [-0.39, 0.29) is 0 Å². The summed E-state index contributed by atoms with van der Waals surface area (Å²) in [4.78, 5) is 2.46. The second-order valence-electron chi connectivity index (χ2n) is 6.40. The van der Waals surface area contributed by atoms with Crippen LogP contribution in [0.4, 0.5) is 0 Å². The summed E-state index contributed by atoms with van der Waals surface area (Å²) in [7, 11) is 0. The standard InChI is InChI=1S/C19H31NO3/c1-4-22-18-7-6-16(14-19(18)23-5-2)17(21)10-13-20-11-8-15(3)9-12-20/h6-7,14-15,17,21H,4-5,8-13H2,1-3H3. The predicted octanol–water partition coefficient (Wildman–Crippen LogP) is 3.64. The molecule has 0 amide bonds. The fourth-order valence-corrected chi connectivity index (χ4v) is 3.03. The van der Waals surface area contributed by atoms with Gasteiger partial charge in [-0.1, -0.05) is 13.0 Å². The van der Waals surface area contributed by atoms with Crippen molar-refractivity contribution in [2.24, 2.45) is 5.92 Å². The molecule has 0 saturated carbocycles. The number of likely N-dealkylation sites (tertiary alicyclic amines) is 1. The van der Waals surface area contributed by atoms with Gasteiger partial charge in [0.2, 0.25) is 0 Å². The molecule has 4 heteroatoms. The van der Waals surface area contributed by atoms with Crippen molar-refractivity contribution in [3.05, 3.63) is 23.8 Å². The van der Waals surface area contributed by atoms with Crippen LogP contribution in [0.5, 0.6) is 11.5 Å². The van der Waals surface area contributed by atoms with Crippen LogP contribution >= 0.6 is 0 Å². The second-order valence-corrected chi connectivity index (χ2v) is 6.40. The molecule has 4 nitrogen and oxygen atoms in total. The molecule has 1 fully saturated rings. The molecule has 1 atom stereocenters. The number of aliphatic hydroxyl groups excluding tert-OH is 1. The minimum absolute atomic E-state index is 0.454. The number of aliphatic hydroxyl groups is 1. The fraction of sp³-hybridized carbons (Fsp3) is 0.684. The molecular formula is C19H31NO3. The molecule has 23 heavy (non-hydrogen) atoms. The minimum Gasteiger partial charge on any atom is -0.490 e. The lowest BCUT2D eigenvalue weighted by molar-refractivity contribution is 0.125. The van der Waals surface area contributed by atoms with Crippen LogP contribution in [-0.4, -0.2) is 42.9 Å². The summed E-state index contributed by atoms with van der Waals surface area (Å²) in [6, 6.07) is 5.75. The van der Waals surface area contributed by atoms with Gasteiger partial charge in [-0.25, -0.2) is 0 Å². The van der Waals surface area contributed by atoms with Gasteiger partial charge in [-0.15, -0.1) is 0 Å². The zero-order valence-electron chi connectivity index (χ0n) is 14.8. The van der Waals surface area contributed by atoms with Gasteiger partial charge in [-0.3, -0.25) is 0 Å². The van der Waals surface area contributed by atoms with E-state index < -0.39 is 6.10 Å². The number of nitrogens with zero attached hydrogens (tertiary/aromatic N) is 1. The maximum atomic E-state index is 10.5. The first-order chi connectivity index (χ1) is 11.1. The van der Waals surface area contributed by atoms with Crippen LogP contribution in [0.3, 0.4) is 0 Å². The monoisotopic (exact) mass is 321 g/mol. The van der Waals surface area contributed by atoms with Gasteiger partial charge in [0.1, 0.15) is 0 Å². The van der Waals surface area contributed by atoms with Crippen molar-refractivity contribution in [2.45, 2.75) is 46.1 Å². The van der Waals surface area contributed by atoms with Gasteiger partial charge >= 0.3 is 0 Å². The molecule has 0 aromatic heterocycles. The highest BCUT2D eigenvalue weighted by Gasteiger charge is 2.18. The van der Waals surface area contributed by atoms with Gasteiger partial charge in [-0.05, 0) is 69.8 Å². The van der Waals surface area contributed by atoms with E-state index in [0.717, 1.165) is 49.0 Å². The fourth-order valence-electron chi connectivity index (χ4n) is 3.03. The molecule has 1 aliphatic rings. The Morgan fingerprint density at radius 2 is 1.78 bits per heavy atom. The van der Waals surface area contributed by atoms with Crippen LogP contribution in [0.25, 0.3) is 0 Å². The zero-order chi connectivity index (χ0) is 16.7. The van der Waals surface area contributed by atoms with Gasteiger partial charge in [0.25, 0.3) is 0 Å². The molecule has 1 aromatic carbocycles. The lowest BCUT2D eigenvalue weighted by Gasteiger charge is -2.30. The van der Waals surface area contributed by atoms with Gasteiger partial charge in [0, 0.05) is 6.54 Å². The molecule has 0 radical (unpaired) electrons. The minimum atomic E-state index is -0.454. The molecule has 1 aromatic rings. The summed E-state index contributed by atoms with van der Waals surface area (Å²) < 4.78 is 11.2. The molecule has 1 aliphatic heterocycles. The van der Waals surface area contributed by atoms with Crippen LogP contribution in [-0.2, 0) is 0 Å². The van der Waals surface area contributed by atoms with E-state index in [4.69, 9.17) is 9.47 Å². The van der Waals surface area contributed by atoms with E-state index in [1.807, 2.05) is 32.0 Å². The maximum Gasteiger partial charge on any atom is 0.161 e. The average molecular weight is 321 g/mol. The van der Waals surface area contributed by atoms with E-state index >= 15 is 0 Å². The quantitative estimate of drug-likeness (QED) is 0.794. The summed E-state index contributed by atoms with van der Waals surface area (Å²) in [5.74, 6) is 2.31. The van der Waals surface area contributed by atoms with Crippen LogP contribution in [0.15, 0.2) is 18.2 Å². The number of hydrogen-bond acceptors (Lipinski definition) is 4. The van der Waals surface area contributed by atoms with Gasteiger partial charge in [0.05, 0.1) is 19.3 Å². The largest absolute Gasteiger partial charge is 0.490 e. The summed E-state index contributed by atoms with van der Waals surface area (Å²) in [6.45, 7) is 10.7. The molecule has 1 heterocycles. The number of benzene rings is 1. The molecule has 0 aliphatic carbocycles. The van der Waals surface area contributed by atoms with E-state index in [1.165, 1.54) is 12.8 Å². The van der Waals surface area contributed by atoms with Crippen LogP contribution in [0, 0.1) is 5.92 Å². The first-order valence-electron chi connectivity index (χ1n) is 8.94. The molecule has 1 N–H and O–H groups in total. The van der Waals surface area contributed by atoms with Crippen LogP contribution in [0.1, 0.15) is 51.7 Å². The highest BCUT2D eigenvalue weighted by molar-refractivity contribution is 5.43. The lowest BCUT2D eigenvalue weighted by Crippen LogP contribution is -2.34. The highest BCUT2D eigenvalue weighted by Crippen LogP contribution is 2.31. The Bertz CT molecular complexity index is 470. The van der Waals surface area contributed by atoms with Crippen molar-refractivity contribution in [1.29, 1.82) is 0 Å². The molecule has 0 bridgehead atoms. The second kappa shape index (κ2) is 9.14. The SMILES string of the molecule is CCOc1ccc(C(O)CCN2CCC(C)CC2)cc1OCC. The first kappa shape index (κ1) is 18.1. The number of piperidine rings is 1. The van der Waals surface area contributed by atoms with Gasteiger partial charge < -0.3 is 19.5 Å². The predicted molar refractivity (Wildman–Crippen MR) is 93.2 cm³/mol. The van der Waals surface area contributed by atoms with Gasteiger partial charge in [0.15, 0.2) is 11.5 Å². The normalized spacial score (nSPS) is 17.9. The van der Waals surface area contributed by atoms with Crippen molar-refractivity contribution in [2.75, 3.05) is 32.8 Å². The summed E-state index contributed by atoms with van der Waals surface area (Å²) in [5.41, 5.74) is 0.905. The topological polar surface area (TPSA) is 41.9 Å². The van der Waals surface area contributed by atoms with Crippen molar-refractivity contribution in [3.8, 4) is 11.5 Å². The van der Waals surface area contributed by atoms with Crippen LogP contribution in [0.2, 0.25) is 0 Å². The Kier molecular flexibility index (Phi) is 7.18. The Labute approximate surface area is 140 Å². The molecule has 1 unspecified atom stereocenters. The Balaban J connectivity index is 1.92. The third kappa shape index (κ3) is 5.40. The van der Waals surface area contributed by atoms with Crippen molar-refractivity contribution in [3.63, 3.8) is 0 Å². The third-order valence-electron chi connectivity index (χ3n) is 4.55. The maximum absolute atomic E-state index is 10.5. The summed E-state index contributed by atoms with van der Waals surface area (Å²) in [5, 5.41) is 10.5. The molecule has 1 saturated heterocycles. The summed E-state index contributed by atoms with van der Waals surface area (Å²) >= 11 is 0. The molecule has 130 valence electrons. The van der Waals surface area contributed by atoms with Gasteiger partial charge in [-0.2, -0.15) is 0 Å². The molecule has 2 rings (SSSR count). The Morgan fingerprint density at radius 1 is 1.13 bits per heavy atom. The smallest absolute Gasteiger partial charge is 0.161 e. The number of hydrogen-bond donors (Lipinski definition) is 1. The van der Waals surface area contributed by atoms with E-state index in [2.05, 4.69) is 11.8 Å². The van der Waals surface area contributed by atoms with E-state index in [9.17, 15) is 5.11 Å². The van der Waals surface area contributed by atoms with Crippen molar-refractivity contribution < 1.29 is 14.6 Å². The van der Waals surface area contributed by atoms with E-state index in [0.29, 0.717) is 13.2 Å². The highest BCUT2D eigenvalue weighted by atomic mass is 16.5. The Hall–Kier alpha value is -1.26. The average Bonchev–Trinajstić information content (AvgIpc) is 2.56. The van der Waals surface area contributed by atoms with E-state index in [1.54, 1.807) is 0 Å². The third-order valence-corrected chi connectivity index (χ3v) is 4.55.